The molecule has 0 spiro atoms. The zero-order chi connectivity index (χ0) is 9.97. The molecular weight excluding hydrogens is 144 g/mol. The standard InChI is InChI=1S/C12H10/c1-3-7-11(8-4-1)12-9-5-2-6-10-12/h1-10H/i3D,7D. The van der Waals surface area contributed by atoms with Gasteiger partial charge in [-0.3, -0.25) is 0 Å². The van der Waals surface area contributed by atoms with Gasteiger partial charge in [0, 0.05) is 0 Å². The largest absolute Gasteiger partial charge is 0.0629 e. The van der Waals surface area contributed by atoms with Crippen molar-refractivity contribution in [2.75, 3.05) is 0 Å². The summed E-state index contributed by atoms with van der Waals surface area (Å²) < 4.78 is 15.3. The molecule has 2 rings (SSSR count). The molecule has 0 atom stereocenters. The second-order valence-electron chi connectivity index (χ2n) is 2.57. The molecule has 0 aromatic heterocycles. The molecular formula is C12H10. The van der Waals surface area contributed by atoms with Gasteiger partial charge in [-0.15, -0.1) is 0 Å². The smallest absolute Gasteiger partial charge is 0.0622 e. The Morgan fingerprint density at radius 1 is 0.750 bits per heavy atom. The zero-order valence-electron chi connectivity index (χ0n) is 8.62. The van der Waals surface area contributed by atoms with Crippen LogP contribution >= 0.6 is 0 Å². The van der Waals surface area contributed by atoms with Crippen LogP contribution in [0.2, 0.25) is 0 Å². The van der Waals surface area contributed by atoms with Gasteiger partial charge in [-0.1, -0.05) is 60.6 Å². The summed E-state index contributed by atoms with van der Waals surface area (Å²) in [5, 5.41) is 0. The molecule has 0 heteroatoms. The summed E-state index contributed by atoms with van der Waals surface area (Å²) in [4.78, 5) is 0. The Hall–Kier alpha value is -1.56. The molecule has 2 aromatic rings. The van der Waals surface area contributed by atoms with Gasteiger partial charge in [-0.05, 0) is 11.1 Å². The second kappa shape index (κ2) is 3.22. The van der Waals surface area contributed by atoms with Crippen LogP contribution in [0.15, 0.2) is 60.6 Å². The van der Waals surface area contributed by atoms with E-state index in [4.69, 9.17) is 2.74 Å². The van der Waals surface area contributed by atoms with Crippen molar-refractivity contribution in [2.24, 2.45) is 0 Å². The van der Waals surface area contributed by atoms with Gasteiger partial charge in [0.05, 0.1) is 2.74 Å². The molecule has 0 bridgehead atoms. The van der Waals surface area contributed by atoms with Crippen LogP contribution < -0.4 is 0 Å². The fourth-order valence-electron chi connectivity index (χ4n) is 1.14. The van der Waals surface area contributed by atoms with Gasteiger partial charge in [-0.2, -0.15) is 0 Å². The molecule has 0 radical (unpaired) electrons. The minimum Gasteiger partial charge on any atom is -0.0622 e. The van der Waals surface area contributed by atoms with E-state index in [0.717, 1.165) is 11.1 Å². The highest BCUT2D eigenvalue weighted by molar-refractivity contribution is 5.62. The first-order valence-corrected chi connectivity index (χ1v) is 3.90. The molecule has 0 unspecified atom stereocenters. The third-order valence-corrected chi connectivity index (χ3v) is 1.73. The lowest BCUT2D eigenvalue weighted by Gasteiger charge is -1.98. The van der Waals surface area contributed by atoms with Crippen molar-refractivity contribution in [3.05, 3.63) is 60.6 Å². The maximum atomic E-state index is 7.75. The molecule has 0 nitrogen and oxygen atoms in total. The Balaban J connectivity index is 2.58. The van der Waals surface area contributed by atoms with Crippen LogP contribution in [0.3, 0.4) is 0 Å². The third-order valence-electron chi connectivity index (χ3n) is 1.73. The molecule has 0 aliphatic heterocycles. The Bertz CT molecular complexity index is 435. The van der Waals surface area contributed by atoms with E-state index < -0.39 is 0 Å². The van der Waals surface area contributed by atoms with Gasteiger partial charge in [0.25, 0.3) is 0 Å². The van der Waals surface area contributed by atoms with Crippen LogP contribution in [-0.2, 0) is 0 Å². The number of benzene rings is 2. The molecule has 0 heterocycles. The molecule has 0 saturated carbocycles. The van der Waals surface area contributed by atoms with E-state index in [1.165, 1.54) is 0 Å². The van der Waals surface area contributed by atoms with Crippen molar-refractivity contribution in [1.29, 1.82) is 0 Å². The molecule has 12 heavy (non-hydrogen) atoms. The highest BCUT2D eigenvalue weighted by atomic mass is 14.0. The molecule has 0 aliphatic rings. The lowest BCUT2D eigenvalue weighted by Crippen LogP contribution is -1.73. The van der Waals surface area contributed by atoms with Crippen LogP contribution in [-0.4, -0.2) is 0 Å². The summed E-state index contributed by atoms with van der Waals surface area (Å²) in [5.41, 5.74) is 1.81. The summed E-state index contributed by atoms with van der Waals surface area (Å²) >= 11 is 0. The average Bonchev–Trinajstić information content (AvgIpc) is 2.23. The maximum Gasteiger partial charge on any atom is 0.0629 e. The van der Waals surface area contributed by atoms with Gasteiger partial charge >= 0.3 is 0 Å². The van der Waals surface area contributed by atoms with Crippen molar-refractivity contribution >= 4 is 0 Å². The number of hydrogen-bond acceptors (Lipinski definition) is 0. The summed E-state index contributed by atoms with van der Waals surface area (Å²) in [5.74, 6) is 0. The Labute approximate surface area is 75.3 Å². The minimum absolute atomic E-state index is 0.270. The summed E-state index contributed by atoms with van der Waals surface area (Å²) in [7, 11) is 0. The van der Waals surface area contributed by atoms with Gasteiger partial charge < -0.3 is 0 Å². The van der Waals surface area contributed by atoms with Gasteiger partial charge in [0.2, 0.25) is 0 Å². The molecule has 0 aliphatic carbocycles. The highest BCUT2D eigenvalue weighted by Crippen LogP contribution is 2.17. The summed E-state index contributed by atoms with van der Waals surface area (Å²) in [6.45, 7) is 0. The van der Waals surface area contributed by atoms with Crippen molar-refractivity contribution in [2.45, 2.75) is 0 Å². The van der Waals surface area contributed by atoms with E-state index in [0.29, 0.717) is 6.04 Å². The number of hydrogen-bond donors (Lipinski definition) is 0. The van der Waals surface area contributed by atoms with Crippen molar-refractivity contribution in [3.8, 4) is 11.1 Å². The SMILES string of the molecule is [2H]c1cccc(-c2ccccc2)c1[2H]. The lowest BCUT2D eigenvalue weighted by atomic mass is 10.1. The Morgan fingerprint density at radius 3 is 2.25 bits per heavy atom. The van der Waals surface area contributed by atoms with Crippen LogP contribution in [0.1, 0.15) is 2.74 Å². The summed E-state index contributed by atoms with van der Waals surface area (Å²) in [6, 6.07) is 15.6. The molecule has 0 amide bonds. The van der Waals surface area contributed by atoms with Crippen molar-refractivity contribution in [3.63, 3.8) is 0 Å². The summed E-state index contributed by atoms with van der Waals surface area (Å²) in [6.07, 6.45) is 0. The van der Waals surface area contributed by atoms with Crippen LogP contribution in [0.4, 0.5) is 0 Å². The van der Waals surface area contributed by atoms with Crippen molar-refractivity contribution in [1.82, 2.24) is 0 Å². The van der Waals surface area contributed by atoms with E-state index in [2.05, 4.69) is 0 Å². The second-order valence-corrected chi connectivity index (χ2v) is 2.57. The van der Waals surface area contributed by atoms with Gasteiger partial charge in [0.15, 0.2) is 0 Å². The van der Waals surface area contributed by atoms with Crippen LogP contribution in [0, 0.1) is 0 Å². The Kier molecular flexibility index (Phi) is 1.38. The zero-order valence-corrected chi connectivity index (χ0v) is 6.62. The third kappa shape index (κ3) is 1.37. The topological polar surface area (TPSA) is 0 Å². The quantitative estimate of drug-likeness (QED) is 0.594. The van der Waals surface area contributed by atoms with Crippen LogP contribution in [0.5, 0.6) is 0 Å². The predicted octanol–water partition coefficient (Wildman–Crippen LogP) is 3.35. The van der Waals surface area contributed by atoms with Gasteiger partial charge in [-0.25, -0.2) is 0 Å². The van der Waals surface area contributed by atoms with E-state index in [9.17, 15) is 0 Å². The lowest BCUT2D eigenvalue weighted by molar-refractivity contribution is 1.62. The first kappa shape index (κ1) is 5.15. The van der Waals surface area contributed by atoms with E-state index in [-0.39, 0.29) is 6.04 Å². The monoisotopic (exact) mass is 156 g/mol. The maximum absolute atomic E-state index is 7.75. The number of rotatable bonds is 1. The van der Waals surface area contributed by atoms with Crippen LogP contribution in [0.25, 0.3) is 11.1 Å². The van der Waals surface area contributed by atoms with Gasteiger partial charge in [0.1, 0.15) is 0 Å². The molecule has 0 saturated heterocycles. The first-order chi connectivity index (χ1) is 6.79. The normalized spacial score (nSPS) is 12.0. The van der Waals surface area contributed by atoms with E-state index >= 15 is 0 Å². The molecule has 58 valence electrons. The first-order valence-electron chi connectivity index (χ1n) is 4.90. The fraction of sp³-hybridized carbons (Fsp3) is 0. The van der Waals surface area contributed by atoms with Crippen molar-refractivity contribution < 1.29 is 2.74 Å². The highest BCUT2D eigenvalue weighted by Gasteiger charge is 1.91. The fourth-order valence-corrected chi connectivity index (χ4v) is 1.14. The van der Waals surface area contributed by atoms with E-state index in [1.807, 2.05) is 42.5 Å². The molecule has 2 aromatic carbocycles. The molecule has 0 N–H and O–H groups in total. The molecule has 0 fully saturated rings. The van der Waals surface area contributed by atoms with E-state index in [1.54, 1.807) is 6.07 Å². The predicted molar refractivity (Wildman–Crippen MR) is 51.9 cm³/mol. The Morgan fingerprint density at radius 2 is 1.42 bits per heavy atom. The average molecular weight is 156 g/mol. The minimum atomic E-state index is 0.270.